The molecule has 1 atom stereocenters. The summed E-state index contributed by atoms with van der Waals surface area (Å²) in [5.74, 6) is 0.326. The first-order valence-electron chi connectivity index (χ1n) is 10.5. The highest BCUT2D eigenvalue weighted by molar-refractivity contribution is 5.77. The van der Waals surface area contributed by atoms with Crippen LogP contribution in [0.5, 0.6) is 0 Å². The van der Waals surface area contributed by atoms with Crippen molar-refractivity contribution < 1.29 is 14.3 Å². The predicted octanol–water partition coefficient (Wildman–Crippen LogP) is 1.79. The van der Waals surface area contributed by atoms with Gasteiger partial charge in [-0.25, -0.2) is 0 Å². The number of aryl methyl sites for hydroxylation is 1. The fourth-order valence-electron chi connectivity index (χ4n) is 4.14. The van der Waals surface area contributed by atoms with Crippen molar-refractivity contribution in [3.8, 4) is 0 Å². The van der Waals surface area contributed by atoms with Crippen molar-refractivity contribution in [2.24, 2.45) is 0 Å². The van der Waals surface area contributed by atoms with E-state index >= 15 is 0 Å². The number of morpholine rings is 1. The van der Waals surface area contributed by atoms with Crippen LogP contribution in [0.25, 0.3) is 0 Å². The van der Waals surface area contributed by atoms with Crippen molar-refractivity contribution in [2.45, 2.75) is 38.6 Å². The zero-order chi connectivity index (χ0) is 19.8. The molecule has 2 aliphatic heterocycles. The smallest absolute Gasteiger partial charge is 0.222 e. The highest BCUT2D eigenvalue weighted by Gasteiger charge is 2.31. The molecule has 1 aromatic carbocycles. The van der Waals surface area contributed by atoms with Gasteiger partial charge in [-0.2, -0.15) is 0 Å². The lowest BCUT2D eigenvalue weighted by atomic mass is 10.1. The van der Waals surface area contributed by atoms with Crippen LogP contribution in [0.4, 0.5) is 0 Å². The highest BCUT2D eigenvalue weighted by Crippen LogP contribution is 2.18. The van der Waals surface area contributed by atoms with Gasteiger partial charge in [0.25, 0.3) is 0 Å². The summed E-state index contributed by atoms with van der Waals surface area (Å²) in [4.78, 5) is 31.0. The van der Waals surface area contributed by atoms with E-state index in [2.05, 4.69) is 17.0 Å². The van der Waals surface area contributed by atoms with Gasteiger partial charge in [0, 0.05) is 52.6 Å². The number of hydrogen-bond acceptors (Lipinski definition) is 4. The molecule has 6 heteroatoms. The van der Waals surface area contributed by atoms with Crippen LogP contribution in [0.15, 0.2) is 30.3 Å². The number of hydrogen-bond donors (Lipinski definition) is 0. The second-order valence-corrected chi connectivity index (χ2v) is 7.79. The Hall–Kier alpha value is -1.92. The van der Waals surface area contributed by atoms with Gasteiger partial charge in [0.2, 0.25) is 11.8 Å². The standard InChI is InChI=1S/C22H33N3O3/c1-19(26)25(13-12-23-14-16-28-17-15-23)21-10-11-24(18-21)22(27)9-5-8-20-6-3-2-4-7-20/h2-4,6-7,21H,5,8-18H2,1H3. The van der Waals surface area contributed by atoms with Gasteiger partial charge in [-0.3, -0.25) is 14.5 Å². The molecular formula is C22H33N3O3. The summed E-state index contributed by atoms with van der Waals surface area (Å²) in [6.07, 6.45) is 3.27. The van der Waals surface area contributed by atoms with Gasteiger partial charge in [-0.05, 0) is 24.8 Å². The largest absolute Gasteiger partial charge is 0.379 e. The van der Waals surface area contributed by atoms with E-state index in [9.17, 15) is 9.59 Å². The summed E-state index contributed by atoms with van der Waals surface area (Å²) in [5.41, 5.74) is 1.28. The van der Waals surface area contributed by atoms with Gasteiger partial charge in [0.1, 0.15) is 0 Å². The Morgan fingerprint density at radius 1 is 1.14 bits per heavy atom. The van der Waals surface area contributed by atoms with Crippen LogP contribution in [0, 0.1) is 0 Å². The molecule has 154 valence electrons. The average Bonchev–Trinajstić information content (AvgIpc) is 3.19. The summed E-state index contributed by atoms with van der Waals surface area (Å²) >= 11 is 0. The SMILES string of the molecule is CC(=O)N(CCN1CCOCC1)C1CCN(C(=O)CCCc2ccccc2)C1. The van der Waals surface area contributed by atoms with E-state index in [0.29, 0.717) is 13.0 Å². The molecule has 2 saturated heterocycles. The first-order valence-corrected chi connectivity index (χ1v) is 10.5. The Bertz CT molecular complexity index is 631. The summed E-state index contributed by atoms with van der Waals surface area (Å²) in [7, 11) is 0. The number of amides is 2. The Morgan fingerprint density at radius 3 is 2.61 bits per heavy atom. The molecule has 1 aromatic rings. The van der Waals surface area contributed by atoms with E-state index in [1.807, 2.05) is 28.0 Å². The van der Waals surface area contributed by atoms with Gasteiger partial charge in [-0.15, -0.1) is 0 Å². The maximum Gasteiger partial charge on any atom is 0.222 e. The quantitative estimate of drug-likeness (QED) is 0.683. The lowest BCUT2D eigenvalue weighted by Crippen LogP contribution is -2.47. The van der Waals surface area contributed by atoms with Crippen LogP contribution >= 0.6 is 0 Å². The molecule has 0 aromatic heterocycles. The minimum absolute atomic E-state index is 0.108. The molecule has 3 rings (SSSR count). The number of likely N-dealkylation sites (tertiary alicyclic amines) is 1. The molecule has 0 radical (unpaired) electrons. The number of nitrogens with zero attached hydrogens (tertiary/aromatic N) is 3. The molecular weight excluding hydrogens is 354 g/mol. The van der Waals surface area contributed by atoms with E-state index < -0.39 is 0 Å². The molecule has 28 heavy (non-hydrogen) atoms. The van der Waals surface area contributed by atoms with Gasteiger partial charge < -0.3 is 14.5 Å². The Kier molecular flexibility index (Phi) is 7.86. The molecule has 0 bridgehead atoms. The summed E-state index contributed by atoms with van der Waals surface area (Å²) in [6.45, 7) is 8.10. The average molecular weight is 388 g/mol. The van der Waals surface area contributed by atoms with Gasteiger partial charge in [0.05, 0.1) is 19.3 Å². The van der Waals surface area contributed by atoms with Crippen molar-refractivity contribution in [3.63, 3.8) is 0 Å². The molecule has 0 spiro atoms. The van der Waals surface area contributed by atoms with Gasteiger partial charge in [-0.1, -0.05) is 30.3 Å². The minimum atomic E-state index is 0.108. The zero-order valence-electron chi connectivity index (χ0n) is 17.0. The highest BCUT2D eigenvalue weighted by atomic mass is 16.5. The fraction of sp³-hybridized carbons (Fsp3) is 0.636. The molecule has 1 unspecified atom stereocenters. The zero-order valence-corrected chi connectivity index (χ0v) is 17.0. The van der Waals surface area contributed by atoms with Crippen LogP contribution in [-0.4, -0.2) is 85.0 Å². The first kappa shape index (κ1) is 20.8. The molecule has 2 amide bonds. The van der Waals surface area contributed by atoms with E-state index in [4.69, 9.17) is 4.74 Å². The third-order valence-corrected chi connectivity index (χ3v) is 5.82. The van der Waals surface area contributed by atoms with Crippen LogP contribution < -0.4 is 0 Å². The lowest BCUT2D eigenvalue weighted by molar-refractivity contribution is -0.134. The number of benzene rings is 1. The second-order valence-electron chi connectivity index (χ2n) is 7.79. The minimum Gasteiger partial charge on any atom is -0.379 e. The topological polar surface area (TPSA) is 53.1 Å². The maximum atomic E-state index is 12.6. The van der Waals surface area contributed by atoms with Crippen molar-refractivity contribution >= 4 is 11.8 Å². The van der Waals surface area contributed by atoms with Crippen molar-refractivity contribution in [1.29, 1.82) is 0 Å². The molecule has 0 saturated carbocycles. The summed E-state index contributed by atoms with van der Waals surface area (Å²) in [5, 5.41) is 0. The molecule has 2 fully saturated rings. The third-order valence-electron chi connectivity index (χ3n) is 5.82. The van der Waals surface area contributed by atoms with Crippen LogP contribution in [0.3, 0.4) is 0 Å². The fourth-order valence-corrected chi connectivity index (χ4v) is 4.14. The van der Waals surface area contributed by atoms with Crippen molar-refractivity contribution in [2.75, 3.05) is 52.5 Å². The second kappa shape index (κ2) is 10.6. The molecule has 2 heterocycles. The van der Waals surface area contributed by atoms with Crippen LogP contribution in [-0.2, 0) is 20.7 Å². The Balaban J connectivity index is 1.42. The third kappa shape index (κ3) is 6.04. The number of ether oxygens (including phenoxy) is 1. The number of carbonyl (C=O) groups excluding carboxylic acids is 2. The number of rotatable bonds is 8. The van der Waals surface area contributed by atoms with Gasteiger partial charge in [0.15, 0.2) is 0 Å². The Morgan fingerprint density at radius 2 is 1.89 bits per heavy atom. The summed E-state index contributed by atoms with van der Waals surface area (Å²) in [6, 6.07) is 10.5. The first-order chi connectivity index (χ1) is 13.6. The molecule has 0 N–H and O–H groups in total. The maximum absolute atomic E-state index is 12.6. The van der Waals surface area contributed by atoms with Crippen LogP contribution in [0.1, 0.15) is 31.7 Å². The van der Waals surface area contributed by atoms with E-state index in [1.54, 1.807) is 6.92 Å². The summed E-state index contributed by atoms with van der Waals surface area (Å²) < 4.78 is 5.39. The van der Waals surface area contributed by atoms with Crippen molar-refractivity contribution in [1.82, 2.24) is 14.7 Å². The van der Waals surface area contributed by atoms with E-state index in [-0.39, 0.29) is 17.9 Å². The molecule has 0 aliphatic carbocycles. The van der Waals surface area contributed by atoms with Gasteiger partial charge >= 0.3 is 0 Å². The monoisotopic (exact) mass is 387 g/mol. The Labute approximate surface area is 168 Å². The lowest BCUT2D eigenvalue weighted by Gasteiger charge is -2.32. The van der Waals surface area contributed by atoms with Crippen LogP contribution in [0.2, 0.25) is 0 Å². The predicted molar refractivity (Wildman–Crippen MR) is 109 cm³/mol. The van der Waals surface area contributed by atoms with E-state index in [0.717, 1.165) is 65.2 Å². The normalized spacial score (nSPS) is 20.3. The van der Waals surface area contributed by atoms with E-state index in [1.165, 1.54) is 5.56 Å². The molecule has 6 nitrogen and oxygen atoms in total. The molecule has 2 aliphatic rings. The van der Waals surface area contributed by atoms with Crippen molar-refractivity contribution in [3.05, 3.63) is 35.9 Å². The number of carbonyl (C=O) groups is 2.